The van der Waals surface area contributed by atoms with Gasteiger partial charge in [0, 0.05) is 42.1 Å². The van der Waals surface area contributed by atoms with Crippen molar-refractivity contribution < 1.29 is 4.79 Å². The Kier molecular flexibility index (Phi) is 4.43. The van der Waals surface area contributed by atoms with Crippen molar-refractivity contribution in [3.05, 3.63) is 72.3 Å². The third-order valence-electron chi connectivity index (χ3n) is 6.01. The van der Waals surface area contributed by atoms with Crippen molar-refractivity contribution in [3.8, 4) is 0 Å². The SMILES string of the molecule is O=C(C[C@@H](B1Nc2cccc3cccc(c23)N1)c1ccccc1)N1CCCC1. The van der Waals surface area contributed by atoms with Gasteiger partial charge in [-0.2, -0.15) is 0 Å². The molecule has 0 unspecified atom stereocenters. The molecule has 28 heavy (non-hydrogen) atoms. The molecule has 0 aromatic heterocycles. The Balaban J connectivity index is 1.48. The molecule has 140 valence electrons. The van der Waals surface area contributed by atoms with Gasteiger partial charge >= 0.3 is 6.98 Å². The molecule has 0 aliphatic carbocycles. The van der Waals surface area contributed by atoms with E-state index in [1.807, 2.05) is 11.0 Å². The lowest BCUT2D eigenvalue weighted by molar-refractivity contribution is -0.130. The molecule has 2 aliphatic heterocycles. The number of amides is 1. The van der Waals surface area contributed by atoms with Gasteiger partial charge in [-0.3, -0.25) is 4.79 Å². The van der Waals surface area contributed by atoms with Crippen LogP contribution in [0.1, 0.15) is 30.6 Å². The van der Waals surface area contributed by atoms with Gasteiger partial charge in [0.25, 0.3) is 0 Å². The van der Waals surface area contributed by atoms with Gasteiger partial charge in [-0.05, 0) is 35.9 Å². The summed E-state index contributed by atoms with van der Waals surface area (Å²) in [5.41, 5.74) is 3.45. The third kappa shape index (κ3) is 3.11. The van der Waals surface area contributed by atoms with E-state index >= 15 is 0 Å². The number of nitrogens with zero attached hydrogens (tertiary/aromatic N) is 1. The Morgan fingerprint density at radius 2 is 1.54 bits per heavy atom. The van der Waals surface area contributed by atoms with Gasteiger partial charge in [-0.25, -0.2) is 0 Å². The lowest BCUT2D eigenvalue weighted by Gasteiger charge is -2.32. The van der Waals surface area contributed by atoms with E-state index in [9.17, 15) is 4.79 Å². The second kappa shape index (κ2) is 7.23. The molecule has 0 spiro atoms. The van der Waals surface area contributed by atoms with Crippen LogP contribution in [0.15, 0.2) is 66.7 Å². The van der Waals surface area contributed by atoms with E-state index in [0.29, 0.717) is 6.42 Å². The number of rotatable bonds is 4. The second-order valence-corrected chi connectivity index (χ2v) is 7.78. The van der Waals surface area contributed by atoms with E-state index in [0.717, 1.165) is 37.3 Å². The zero-order chi connectivity index (χ0) is 18.9. The summed E-state index contributed by atoms with van der Waals surface area (Å²) in [7, 11) is 0. The molecule has 4 nitrogen and oxygen atoms in total. The van der Waals surface area contributed by atoms with Crippen molar-refractivity contribution in [1.29, 1.82) is 0 Å². The molecule has 0 bridgehead atoms. The van der Waals surface area contributed by atoms with Crippen LogP contribution in [-0.4, -0.2) is 30.9 Å². The monoisotopic (exact) mass is 369 g/mol. The molecular weight excluding hydrogens is 345 g/mol. The lowest BCUT2D eigenvalue weighted by atomic mass is 9.56. The number of likely N-dealkylation sites (tertiary alicyclic amines) is 1. The first kappa shape index (κ1) is 17.2. The first-order chi connectivity index (χ1) is 13.8. The topological polar surface area (TPSA) is 44.4 Å². The van der Waals surface area contributed by atoms with Crippen molar-refractivity contribution >= 4 is 35.0 Å². The predicted octanol–water partition coefficient (Wildman–Crippen LogP) is 4.50. The summed E-state index contributed by atoms with van der Waals surface area (Å²) in [6.07, 6.45) is 2.75. The van der Waals surface area contributed by atoms with Crippen LogP contribution >= 0.6 is 0 Å². The minimum atomic E-state index is -0.0329. The molecule has 5 rings (SSSR count). The fraction of sp³-hybridized carbons (Fsp3) is 0.261. The molecule has 1 saturated heterocycles. The number of hydrogen-bond acceptors (Lipinski definition) is 3. The number of carbonyl (C=O) groups is 1. The minimum Gasteiger partial charge on any atom is -0.408 e. The molecule has 2 heterocycles. The lowest BCUT2D eigenvalue weighted by Crippen LogP contribution is -2.45. The Morgan fingerprint density at radius 1 is 0.893 bits per heavy atom. The average Bonchev–Trinajstić information content (AvgIpc) is 3.28. The zero-order valence-corrected chi connectivity index (χ0v) is 15.9. The van der Waals surface area contributed by atoms with Crippen LogP contribution < -0.4 is 10.5 Å². The highest BCUT2D eigenvalue weighted by atomic mass is 16.2. The van der Waals surface area contributed by atoms with Crippen LogP contribution in [0, 0.1) is 0 Å². The van der Waals surface area contributed by atoms with Crippen molar-refractivity contribution in [1.82, 2.24) is 4.90 Å². The Bertz CT molecular complexity index is 960. The number of anilines is 2. The molecule has 3 aromatic carbocycles. The highest BCUT2D eigenvalue weighted by Crippen LogP contribution is 2.37. The average molecular weight is 369 g/mol. The van der Waals surface area contributed by atoms with Gasteiger partial charge in [0.1, 0.15) is 0 Å². The summed E-state index contributed by atoms with van der Waals surface area (Å²) in [6, 6.07) is 23.1. The predicted molar refractivity (Wildman–Crippen MR) is 117 cm³/mol. The summed E-state index contributed by atoms with van der Waals surface area (Å²) in [4.78, 5) is 15.0. The highest BCUT2D eigenvalue weighted by molar-refractivity contribution is 6.69. The Morgan fingerprint density at radius 3 is 2.18 bits per heavy atom. The molecule has 2 aliphatic rings. The van der Waals surface area contributed by atoms with E-state index < -0.39 is 0 Å². The Hall–Kier alpha value is -2.95. The zero-order valence-electron chi connectivity index (χ0n) is 15.9. The van der Waals surface area contributed by atoms with Crippen molar-refractivity contribution in [2.75, 3.05) is 23.5 Å². The van der Waals surface area contributed by atoms with Crippen LogP contribution in [0.25, 0.3) is 10.8 Å². The number of nitrogens with one attached hydrogen (secondary N) is 2. The molecule has 1 atom stereocenters. The molecule has 0 radical (unpaired) electrons. The first-order valence-electron chi connectivity index (χ1n) is 10.2. The number of hydrogen-bond donors (Lipinski definition) is 2. The maximum atomic E-state index is 13.0. The summed E-state index contributed by atoms with van der Waals surface area (Å²) >= 11 is 0. The van der Waals surface area contributed by atoms with Gasteiger partial charge < -0.3 is 15.4 Å². The summed E-state index contributed by atoms with van der Waals surface area (Å²) in [5.74, 6) is 0.310. The second-order valence-electron chi connectivity index (χ2n) is 7.78. The molecule has 1 amide bonds. The molecule has 3 aromatic rings. The van der Waals surface area contributed by atoms with E-state index in [4.69, 9.17) is 0 Å². The van der Waals surface area contributed by atoms with Crippen LogP contribution in [0.5, 0.6) is 0 Å². The molecular formula is C23H24BN3O. The summed E-state index contributed by atoms with van der Waals surface area (Å²) in [6.45, 7) is 1.76. The van der Waals surface area contributed by atoms with Gasteiger partial charge in [0.2, 0.25) is 5.91 Å². The van der Waals surface area contributed by atoms with E-state index in [1.165, 1.54) is 16.3 Å². The fourth-order valence-corrected chi connectivity index (χ4v) is 4.57. The number of carbonyl (C=O) groups excluding carboxylic acids is 1. The highest BCUT2D eigenvalue weighted by Gasteiger charge is 2.35. The van der Waals surface area contributed by atoms with Crippen molar-refractivity contribution in [3.63, 3.8) is 0 Å². The normalized spacial score (nSPS) is 16.6. The molecule has 0 saturated carbocycles. The summed E-state index contributed by atoms with van der Waals surface area (Å²) < 4.78 is 0. The van der Waals surface area contributed by atoms with E-state index in [1.54, 1.807) is 0 Å². The standard InChI is InChI=1S/C23H24BN3O/c28-22(27-14-4-5-15-27)16-19(17-8-2-1-3-9-17)24-25-20-12-6-10-18-11-7-13-21(26-24)23(18)20/h1-3,6-13,19,25-26H,4-5,14-16H2/t19-/m1/s1. The molecule has 1 fully saturated rings. The Labute approximate surface area is 166 Å². The van der Waals surface area contributed by atoms with Crippen molar-refractivity contribution in [2.24, 2.45) is 0 Å². The number of benzene rings is 3. The van der Waals surface area contributed by atoms with E-state index in [-0.39, 0.29) is 18.7 Å². The van der Waals surface area contributed by atoms with Crippen LogP contribution in [0.3, 0.4) is 0 Å². The van der Waals surface area contributed by atoms with Crippen LogP contribution in [-0.2, 0) is 4.79 Å². The quantitative estimate of drug-likeness (QED) is 0.666. The molecule has 5 heteroatoms. The maximum absolute atomic E-state index is 13.0. The first-order valence-corrected chi connectivity index (χ1v) is 10.2. The smallest absolute Gasteiger partial charge is 0.378 e. The van der Waals surface area contributed by atoms with Crippen LogP contribution in [0.4, 0.5) is 11.4 Å². The van der Waals surface area contributed by atoms with Gasteiger partial charge in [0.15, 0.2) is 0 Å². The minimum absolute atomic E-state index is 0.0329. The van der Waals surface area contributed by atoms with Crippen LogP contribution in [0.2, 0.25) is 0 Å². The maximum Gasteiger partial charge on any atom is 0.378 e. The van der Waals surface area contributed by atoms with Gasteiger partial charge in [-0.15, -0.1) is 0 Å². The van der Waals surface area contributed by atoms with Crippen molar-refractivity contribution in [2.45, 2.75) is 25.1 Å². The summed E-state index contributed by atoms with van der Waals surface area (Å²) in [5, 5.41) is 9.79. The largest absolute Gasteiger partial charge is 0.408 e. The third-order valence-corrected chi connectivity index (χ3v) is 6.01. The van der Waals surface area contributed by atoms with Gasteiger partial charge in [0.05, 0.1) is 0 Å². The van der Waals surface area contributed by atoms with Gasteiger partial charge in [-0.1, -0.05) is 54.6 Å². The molecule has 2 N–H and O–H groups in total. The fourth-order valence-electron chi connectivity index (χ4n) is 4.57. The van der Waals surface area contributed by atoms with E-state index in [2.05, 4.69) is 71.1 Å².